The number of hydrogen-bond acceptors (Lipinski definition) is 5. The van der Waals surface area contributed by atoms with Crippen LogP contribution < -0.4 is 15.5 Å². The molecule has 0 bridgehead atoms. The Hall–Kier alpha value is -2.60. The monoisotopic (exact) mass is 368 g/mol. The highest BCUT2D eigenvalue weighted by Gasteiger charge is 2.16. The second-order valence-electron chi connectivity index (χ2n) is 6.62. The molecule has 3 rings (SSSR count). The average molecular weight is 368 g/mol. The summed E-state index contributed by atoms with van der Waals surface area (Å²) in [7, 11) is 0. The van der Waals surface area contributed by atoms with E-state index in [2.05, 4.69) is 46.5 Å². The maximum Gasteiger partial charge on any atom is 0.251 e. The molecule has 0 spiro atoms. The summed E-state index contributed by atoms with van der Waals surface area (Å²) in [6.07, 6.45) is 3.86. The van der Waals surface area contributed by atoms with Crippen LogP contribution in [0.3, 0.4) is 0 Å². The number of ether oxygens (including phenoxy) is 1. The van der Waals surface area contributed by atoms with Gasteiger partial charge in [0, 0.05) is 49.4 Å². The van der Waals surface area contributed by atoms with Crippen molar-refractivity contribution in [2.45, 2.75) is 32.8 Å². The Kier molecular flexibility index (Phi) is 6.65. The minimum absolute atomic E-state index is 0.104. The maximum absolute atomic E-state index is 12.4. The number of carbonyl (C=O) groups is 1. The molecule has 1 unspecified atom stereocenters. The fourth-order valence-electron chi connectivity index (χ4n) is 3.25. The third-order valence-electron chi connectivity index (χ3n) is 4.80. The molecule has 1 saturated heterocycles. The van der Waals surface area contributed by atoms with E-state index >= 15 is 0 Å². The van der Waals surface area contributed by atoms with Crippen molar-refractivity contribution in [1.29, 1.82) is 0 Å². The zero-order chi connectivity index (χ0) is 19.1. The molecule has 0 radical (unpaired) electrons. The van der Waals surface area contributed by atoms with Crippen LogP contribution in [-0.2, 0) is 4.74 Å². The van der Waals surface area contributed by atoms with E-state index in [1.54, 1.807) is 18.3 Å². The van der Waals surface area contributed by atoms with E-state index in [0.29, 0.717) is 17.9 Å². The second-order valence-corrected chi connectivity index (χ2v) is 6.62. The lowest BCUT2D eigenvalue weighted by molar-refractivity contribution is 0.0857. The third kappa shape index (κ3) is 5.20. The number of nitrogens with one attached hydrogen (secondary N) is 2. The van der Waals surface area contributed by atoms with Crippen LogP contribution in [0, 0.1) is 0 Å². The molecule has 6 heteroatoms. The molecule has 1 atom stereocenters. The Bertz CT molecular complexity index is 738. The fraction of sp³-hybridized carbons (Fsp3) is 0.429. The summed E-state index contributed by atoms with van der Waals surface area (Å²) >= 11 is 0. The molecule has 2 aromatic rings. The quantitative estimate of drug-likeness (QED) is 0.745. The molecule has 1 aliphatic rings. The first-order valence-electron chi connectivity index (χ1n) is 9.67. The molecule has 1 amide bonds. The number of anilines is 3. The molecule has 144 valence electrons. The van der Waals surface area contributed by atoms with Gasteiger partial charge >= 0.3 is 0 Å². The van der Waals surface area contributed by atoms with E-state index in [1.807, 2.05) is 12.1 Å². The van der Waals surface area contributed by atoms with Gasteiger partial charge in [-0.3, -0.25) is 4.79 Å². The summed E-state index contributed by atoms with van der Waals surface area (Å²) in [5, 5.41) is 6.20. The zero-order valence-electron chi connectivity index (χ0n) is 16.1. The number of aromatic nitrogens is 1. The first kappa shape index (κ1) is 19.2. The Morgan fingerprint density at radius 1 is 1.22 bits per heavy atom. The van der Waals surface area contributed by atoms with Crippen LogP contribution in [-0.4, -0.2) is 43.2 Å². The number of carbonyl (C=O) groups excluding carboxylic acids is 1. The average Bonchev–Trinajstić information content (AvgIpc) is 3.22. The molecule has 27 heavy (non-hydrogen) atoms. The number of pyridine rings is 1. The van der Waals surface area contributed by atoms with E-state index < -0.39 is 0 Å². The van der Waals surface area contributed by atoms with E-state index in [0.717, 1.165) is 38.2 Å². The summed E-state index contributed by atoms with van der Waals surface area (Å²) in [5.41, 5.74) is 2.72. The van der Waals surface area contributed by atoms with Gasteiger partial charge < -0.3 is 20.3 Å². The molecular formula is C21H28N4O2. The topological polar surface area (TPSA) is 66.5 Å². The van der Waals surface area contributed by atoms with Crippen LogP contribution in [0.15, 0.2) is 42.6 Å². The van der Waals surface area contributed by atoms with Crippen molar-refractivity contribution in [3.05, 3.63) is 48.2 Å². The van der Waals surface area contributed by atoms with Gasteiger partial charge in [0.1, 0.15) is 5.82 Å². The predicted molar refractivity (Wildman–Crippen MR) is 109 cm³/mol. The molecular weight excluding hydrogens is 340 g/mol. The first-order valence-corrected chi connectivity index (χ1v) is 9.67. The Balaban J connectivity index is 1.60. The van der Waals surface area contributed by atoms with Crippen LogP contribution in [0.2, 0.25) is 0 Å². The van der Waals surface area contributed by atoms with Gasteiger partial charge in [-0.25, -0.2) is 4.98 Å². The summed E-state index contributed by atoms with van der Waals surface area (Å²) < 4.78 is 5.54. The maximum atomic E-state index is 12.4. The smallest absolute Gasteiger partial charge is 0.251 e. The summed E-state index contributed by atoms with van der Waals surface area (Å²) in [6.45, 7) is 7.60. The van der Waals surface area contributed by atoms with Crippen molar-refractivity contribution in [3.63, 3.8) is 0 Å². The lowest BCUT2D eigenvalue weighted by Crippen LogP contribution is -2.31. The normalized spacial score (nSPS) is 16.1. The molecule has 0 aliphatic carbocycles. The van der Waals surface area contributed by atoms with Gasteiger partial charge in [0.25, 0.3) is 5.91 Å². The zero-order valence-corrected chi connectivity index (χ0v) is 16.1. The number of nitrogens with zero attached hydrogens (tertiary/aromatic N) is 2. The molecule has 0 saturated carbocycles. The van der Waals surface area contributed by atoms with E-state index in [-0.39, 0.29) is 12.0 Å². The number of rotatable bonds is 8. The molecule has 1 fully saturated rings. The van der Waals surface area contributed by atoms with Gasteiger partial charge in [0.05, 0.1) is 6.10 Å². The molecule has 1 aromatic carbocycles. The van der Waals surface area contributed by atoms with Crippen molar-refractivity contribution < 1.29 is 9.53 Å². The van der Waals surface area contributed by atoms with Gasteiger partial charge in [-0.15, -0.1) is 0 Å². The Labute approximate surface area is 160 Å². The minimum Gasteiger partial charge on any atom is -0.376 e. The van der Waals surface area contributed by atoms with Crippen LogP contribution >= 0.6 is 0 Å². The number of hydrogen-bond donors (Lipinski definition) is 2. The van der Waals surface area contributed by atoms with Gasteiger partial charge in [0.15, 0.2) is 0 Å². The van der Waals surface area contributed by atoms with Gasteiger partial charge in [-0.2, -0.15) is 0 Å². The molecule has 1 aromatic heterocycles. The van der Waals surface area contributed by atoms with Crippen LogP contribution in [0.25, 0.3) is 0 Å². The molecule has 1 aliphatic heterocycles. The van der Waals surface area contributed by atoms with Gasteiger partial charge in [-0.1, -0.05) is 0 Å². The molecule has 6 nitrogen and oxygen atoms in total. The Morgan fingerprint density at radius 2 is 2.00 bits per heavy atom. The van der Waals surface area contributed by atoms with Gasteiger partial charge in [0.2, 0.25) is 0 Å². The highest BCUT2D eigenvalue weighted by molar-refractivity contribution is 5.94. The fourth-order valence-corrected chi connectivity index (χ4v) is 3.25. The summed E-state index contributed by atoms with van der Waals surface area (Å²) in [5.74, 6) is 0.545. The van der Waals surface area contributed by atoms with Gasteiger partial charge in [-0.05, 0) is 63.1 Å². The molecule has 2 N–H and O–H groups in total. The Morgan fingerprint density at radius 3 is 2.67 bits per heavy atom. The third-order valence-corrected chi connectivity index (χ3v) is 4.80. The predicted octanol–water partition coefficient (Wildman–Crippen LogP) is 3.58. The van der Waals surface area contributed by atoms with Crippen molar-refractivity contribution in [1.82, 2.24) is 10.3 Å². The number of amides is 1. The highest BCUT2D eigenvalue weighted by Crippen LogP contribution is 2.20. The minimum atomic E-state index is -0.104. The van der Waals surface area contributed by atoms with Crippen LogP contribution in [0.4, 0.5) is 17.2 Å². The number of benzene rings is 1. The lowest BCUT2D eigenvalue weighted by atomic mass is 10.2. The lowest BCUT2D eigenvalue weighted by Gasteiger charge is -2.21. The SMILES string of the molecule is CCN(CC)c1ccc(Nc2cc(C(=O)NCC3CCCO3)ccn2)cc1. The second kappa shape index (κ2) is 9.37. The molecule has 2 heterocycles. The largest absolute Gasteiger partial charge is 0.376 e. The van der Waals surface area contributed by atoms with Crippen LogP contribution in [0.1, 0.15) is 37.0 Å². The van der Waals surface area contributed by atoms with Crippen LogP contribution in [0.5, 0.6) is 0 Å². The first-order chi connectivity index (χ1) is 13.2. The van der Waals surface area contributed by atoms with E-state index in [4.69, 9.17) is 4.74 Å². The van der Waals surface area contributed by atoms with Crippen molar-refractivity contribution in [2.24, 2.45) is 0 Å². The van der Waals surface area contributed by atoms with E-state index in [1.165, 1.54) is 5.69 Å². The summed E-state index contributed by atoms with van der Waals surface area (Å²) in [4.78, 5) is 19.0. The van der Waals surface area contributed by atoms with Crippen molar-refractivity contribution >= 4 is 23.1 Å². The highest BCUT2D eigenvalue weighted by atomic mass is 16.5. The van der Waals surface area contributed by atoms with E-state index in [9.17, 15) is 4.79 Å². The van der Waals surface area contributed by atoms with Crippen molar-refractivity contribution in [2.75, 3.05) is 36.5 Å². The summed E-state index contributed by atoms with van der Waals surface area (Å²) in [6, 6.07) is 11.7. The standard InChI is InChI=1S/C21H28N4O2/c1-3-25(4-2)18-9-7-17(8-10-18)24-20-14-16(11-12-22-20)21(26)23-15-19-6-5-13-27-19/h7-12,14,19H,3-6,13,15H2,1-2H3,(H,22,24)(H,23,26). The van der Waals surface area contributed by atoms with Crippen molar-refractivity contribution in [3.8, 4) is 0 Å².